The van der Waals surface area contributed by atoms with E-state index >= 15 is 0 Å². The Morgan fingerprint density at radius 3 is 1.61 bits per heavy atom. The van der Waals surface area contributed by atoms with Gasteiger partial charge in [0.05, 0.1) is 12.4 Å². The van der Waals surface area contributed by atoms with Crippen molar-refractivity contribution in [3.05, 3.63) is 60.2 Å². The summed E-state index contributed by atoms with van der Waals surface area (Å²) in [5, 5.41) is 0. The highest BCUT2D eigenvalue weighted by Crippen LogP contribution is 2.15. The van der Waals surface area contributed by atoms with E-state index in [1.54, 1.807) is 12.4 Å². The fourth-order valence-electron chi connectivity index (χ4n) is 4.44. The number of carbonyl (C=O) groups excluding carboxylic acids is 1. The van der Waals surface area contributed by atoms with Crippen LogP contribution in [0.15, 0.2) is 49.1 Å². The number of hydrogen-bond donors (Lipinski definition) is 0. The fraction of sp³-hybridized carbons (Fsp3) is 0.633. The molecule has 0 radical (unpaired) electrons. The molecule has 0 amide bonds. The highest BCUT2D eigenvalue weighted by Gasteiger charge is 2.11. The average Bonchev–Trinajstić information content (AvgIpc) is 2.85. The van der Waals surface area contributed by atoms with Gasteiger partial charge in [-0.05, 0) is 18.4 Å². The molecule has 1 heterocycles. The molecule has 182 valence electrons. The fourth-order valence-corrected chi connectivity index (χ4v) is 4.44. The van der Waals surface area contributed by atoms with Crippen LogP contribution in [-0.4, -0.2) is 10.8 Å². The van der Waals surface area contributed by atoms with E-state index in [4.69, 9.17) is 0 Å². The molecule has 0 bridgehead atoms. The van der Waals surface area contributed by atoms with Crippen molar-refractivity contribution in [2.75, 3.05) is 0 Å². The Morgan fingerprint density at radius 2 is 1.12 bits per heavy atom. The first-order chi connectivity index (χ1) is 16.3. The van der Waals surface area contributed by atoms with E-state index in [1.807, 2.05) is 29.1 Å². The molecule has 1 aromatic carbocycles. The average molecular weight is 452 g/mol. The van der Waals surface area contributed by atoms with Crippen molar-refractivity contribution < 1.29 is 9.36 Å². The monoisotopic (exact) mass is 451 g/mol. The molecule has 2 rings (SSSR count). The van der Waals surface area contributed by atoms with Gasteiger partial charge >= 0.3 is 0 Å². The molecule has 0 aliphatic carbocycles. The normalized spacial score (nSPS) is 11.1. The molecule has 3 nitrogen and oxygen atoms in total. The minimum Gasteiger partial charge on any atom is -0.287 e. The SMILES string of the molecule is CCCCCCCCCCCCCCCCCCc1ccc(C(=O)C[n+]2ccncc2)cc1. The quantitative estimate of drug-likeness (QED) is 0.116. The molecule has 1 aromatic heterocycles. The molecule has 0 spiro atoms. The van der Waals surface area contributed by atoms with Crippen LogP contribution in [0.5, 0.6) is 0 Å². The Kier molecular flexibility index (Phi) is 15.2. The van der Waals surface area contributed by atoms with Crippen LogP contribution >= 0.6 is 0 Å². The summed E-state index contributed by atoms with van der Waals surface area (Å²) in [6.07, 6.45) is 30.6. The van der Waals surface area contributed by atoms with Crippen LogP contribution in [-0.2, 0) is 13.0 Å². The molecule has 0 saturated heterocycles. The van der Waals surface area contributed by atoms with E-state index in [1.165, 1.54) is 108 Å². The van der Waals surface area contributed by atoms with Gasteiger partial charge in [-0.2, -0.15) is 4.57 Å². The smallest absolute Gasteiger partial charge is 0.227 e. The second-order valence-corrected chi connectivity index (χ2v) is 9.59. The van der Waals surface area contributed by atoms with Crippen LogP contribution in [0, 0.1) is 0 Å². The Labute approximate surface area is 203 Å². The van der Waals surface area contributed by atoms with Gasteiger partial charge in [-0.3, -0.25) is 9.78 Å². The minimum atomic E-state index is 0.139. The molecule has 3 heteroatoms. The highest BCUT2D eigenvalue weighted by atomic mass is 16.1. The summed E-state index contributed by atoms with van der Waals surface area (Å²) in [6, 6.07) is 8.20. The molecule has 0 saturated carbocycles. The van der Waals surface area contributed by atoms with Gasteiger partial charge in [-0.25, -0.2) is 0 Å². The number of carbonyl (C=O) groups is 1. The van der Waals surface area contributed by atoms with E-state index in [2.05, 4.69) is 24.0 Å². The topological polar surface area (TPSA) is 33.8 Å². The maximum atomic E-state index is 12.4. The third kappa shape index (κ3) is 13.3. The molecular weight excluding hydrogens is 404 g/mol. The zero-order chi connectivity index (χ0) is 23.4. The minimum absolute atomic E-state index is 0.139. The molecule has 0 aliphatic heterocycles. The largest absolute Gasteiger partial charge is 0.287 e. The lowest BCUT2D eigenvalue weighted by molar-refractivity contribution is -0.683. The summed E-state index contributed by atoms with van der Waals surface area (Å²) in [5.41, 5.74) is 2.13. The molecule has 0 atom stereocenters. The molecule has 0 fully saturated rings. The molecule has 0 unspecified atom stereocenters. The Hall–Kier alpha value is -2.03. The van der Waals surface area contributed by atoms with Crippen molar-refractivity contribution in [3.63, 3.8) is 0 Å². The number of aromatic nitrogens is 2. The maximum Gasteiger partial charge on any atom is 0.227 e. The number of benzene rings is 1. The zero-order valence-corrected chi connectivity index (χ0v) is 21.1. The number of Topliss-reactive ketones (excluding diaryl/α,β-unsaturated/α-hetero) is 1. The van der Waals surface area contributed by atoms with Gasteiger partial charge in [-0.1, -0.05) is 128 Å². The number of rotatable bonds is 20. The maximum absolute atomic E-state index is 12.4. The number of aryl methyl sites for hydroxylation is 1. The number of unbranched alkanes of at least 4 members (excludes halogenated alkanes) is 15. The van der Waals surface area contributed by atoms with E-state index in [0.717, 1.165) is 12.0 Å². The number of hydrogen-bond acceptors (Lipinski definition) is 2. The van der Waals surface area contributed by atoms with E-state index in [-0.39, 0.29) is 5.78 Å². The predicted octanol–water partition coefficient (Wildman–Crippen LogP) is 8.06. The third-order valence-corrected chi connectivity index (χ3v) is 6.61. The second-order valence-electron chi connectivity index (χ2n) is 9.59. The predicted molar refractivity (Wildman–Crippen MR) is 138 cm³/mol. The lowest BCUT2D eigenvalue weighted by atomic mass is 10.0. The van der Waals surface area contributed by atoms with Crippen LogP contribution in [0.2, 0.25) is 0 Å². The van der Waals surface area contributed by atoms with Crippen LogP contribution in [0.3, 0.4) is 0 Å². The number of ketones is 1. The Balaban J connectivity index is 1.41. The number of nitrogens with zero attached hydrogens (tertiary/aromatic N) is 2. The van der Waals surface area contributed by atoms with Crippen molar-refractivity contribution in [2.24, 2.45) is 0 Å². The molecular formula is C30H47N2O+. The Bertz CT molecular complexity index is 727. The summed E-state index contributed by atoms with van der Waals surface area (Å²) in [5.74, 6) is 0.139. The first kappa shape index (κ1) is 27.2. The first-order valence-electron chi connectivity index (χ1n) is 13.7. The van der Waals surface area contributed by atoms with Crippen LogP contribution in [0.25, 0.3) is 0 Å². The molecule has 0 N–H and O–H groups in total. The summed E-state index contributed by atoms with van der Waals surface area (Å²) < 4.78 is 1.86. The van der Waals surface area contributed by atoms with Gasteiger partial charge in [0, 0.05) is 5.56 Å². The molecule has 0 aliphatic rings. The van der Waals surface area contributed by atoms with Crippen LogP contribution < -0.4 is 4.57 Å². The summed E-state index contributed by atoms with van der Waals surface area (Å²) in [4.78, 5) is 16.4. The van der Waals surface area contributed by atoms with Crippen LogP contribution in [0.1, 0.15) is 126 Å². The van der Waals surface area contributed by atoms with Crippen molar-refractivity contribution >= 4 is 5.78 Å². The van der Waals surface area contributed by atoms with Gasteiger partial charge in [-0.15, -0.1) is 0 Å². The van der Waals surface area contributed by atoms with Crippen molar-refractivity contribution in [3.8, 4) is 0 Å². The van der Waals surface area contributed by atoms with Crippen molar-refractivity contribution in [2.45, 2.75) is 123 Å². The molecule has 33 heavy (non-hydrogen) atoms. The van der Waals surface area contributed by atoms with E-state index in [0.29, 0.717) is 6.54 Å². The second kappa shape index (κ2) is 18.4. The van der Waals surface area contributed by atoms with E-state index in [9.17, 15) is 4.79 Å². The van der Waals surface area contributed by atoms with Gasteiger partial charge in [0.25, 0.3) is 0 Å². The van der Waals surface area contributed by atoms with Crippen LogP contribution in [0.4, 0.5) is 0 Å². The highest BCUT2D eigenvalue weighted by molar-refractivity contribution is 5.95. The standard InChI is InChI=1S/C30H47N2O/c1-2-3-4-5-6-7-8-9-10-11-12-13-14-15-16-17-18-28-19-21-29(22-20-28)30(33)27-32-25-23-31-24-26-32/h19-26H,2-18,27H2,1H3/q+1. The van der Waals surface area contributed by atoms with Crippen molar-refractivity contribution in [1.29, 1.82) is 0 Å². The third-order valence-electron chi connectivity index (χ3n) is 6.61. The zero-order valence-electron chi connectivity index (χ0n) is 21.1. The lowest BCUT2D eigenvalue weighted by Crippen LogP contribution is -2.37. The van der Waals surface area contributed by atoms with Gasteiger partial charge < -0.3 is 0 Å². The van der Waals surface area contributed by atoms with Gasteiger partial charge in [0.15, 0.2) is 12.4 Å². The van der Waals surface area contributed by atoms with E-state index < -0.39 is 0 Å². The summed E-state index contributed by atoms with van der Waals surface area (Å²) in [6.45, 7) is 2.65. The van der Waals surface area contributed by atoms with Gasteiger partial charge in [0.1, 0.15) is 0 Å². The van der Waals surface area contributed by atoms with Crippen molar-refractivity contribution in [1.82, 2.24) is 4.98 Å². The Morgan fingerprint density at radius 1 is 0.667 bits per heavy atom. The van der Waals surface area contributed by atoms with Gasteiger partial charge in [0.2, 0.25) is 12.3 Å². The first-order valence-corrected chi connectivity index (χ1v) is 13.7. The molecule has 2 aromatic rings. The summed E-state index contributed by atoms with van der Waals surface area (Å²) >= 11 is 0. The lowest BCUT2D eigenvalue weighted by Gasteiger charge is -2.05. The summed E-state index contributed by atoms with van der Waals surface area (Å²) in [7, 11) is 0.